The molecule has 23 heavy (non-hydrogen) atoms. The fourth-order valence-electron chi connectivity index (χ4n) is 2.08. The van der Waals surface area contributed by atoms with Crippen LogP contribution in [0.1, 0.15) is 27.8 Å². The van der Waals surface area contributed by atoms with E-state index in [2.05, 4.69) is 0 Å². The van der Waals surface area contributed by atoms with Crippen LogP contribution in [0, 0.1) is 6.92 Å². The first-order valence-electron chi connectivity index (χ1n) is 7.03. The van der Waals surface area contributed by atoms with Gasteiger partial charge in [0.25, 0.3) is 0 Å². The molecule has 0 spiro atoms. The SMILES string of the molecule is Cc1cc(CO)c(O)c(CO)c1.OCc1cccc(CO)c1O. The Morgan fingerprint density at radius 2 is 1.00 bits per heavy atom. The zero-order valence-corrected chi connectivity index (χ0v) is 12.9. The van der Waals surface area contributed by atoms with Gasteiger partial charge in [-0.05, 0) is 6.92 Å². The van der Waals surface area contributed by atoms with Gasteiger partial charge >= 0.3 is 0 Å². The highest BCUT2D eigenvalue weighted by Crippen LogP contribution is 2.24. The van der Waals surface area contributed by atoms with Crippen LogP contribution in [-0.4, -0.2) is 30.6 Å². The van der Waals surface area contributed by atoms with Gasteiger partial charge in [-0.1, -0.05) is 35.9 Å². The predicted octanol–water partition coefficient (Wildman–Crippen LogP) is 1.06. The van der Waals surface area contributed by atoms with E-state index in [0.29, 0.717) is 22.3 Å². The van der Waals surface area contributed by atoms with Gasteiger partial charge in [0.05, 0.1) is 26.4 Å². The van der Waals surface area contributed by atoms with Crippen molar-refractivity contribution < 1.29 is 30.6 Å². The van der Waals surface area contributed by atoms with E-state index in [4.69, 9.17) is 20.4 Å². The van der Waals surface area contributed by atoms with Crippen molar-refractivity contribution in [3.63, 3.8) is 0 Å². The van der Waals surface area contributed by atoms with Crippen molar-refractivity contribution in [1.29, 1.82) is 0 Å². The van der Waals surface area contributed by atoms with Gasteiger partial charge in [-0.2, -0.15) is 0 Å². The molecular weight excluding hydrogens is 300 g/mol. The molecule has 126 valence electrons. The van der Waals surface area contributed by atoms with E-state index in [-0.39, 0.29) is 37.9 Å². The maximum absolute atomic E-state index is 9.39. The number of para-hydroxylation sites is 1. The van der Waals surface area contributed by atoms with Gasteiger partial charge in [-0.25, -0.2) is 0 Å². The molecule has 2 aromatic carbocycles. The van der Waals surface area contributed by atoms with Crippen LogP contribution >= 0.6 is 0 Å². The third kappa shape index (κ3) is 4.94. The van der Waals surface area contributed by atoms with Gasteiger partial charge in [0.2, 0.25) is 0 Å². The number of benzene rings is 2. The van der Waals surface area contributed by atoms with Crippen LogP contribution in [0.25, 0.3) is 0 Å². The number of aryl methyl sites for hydroxylation is 1. The minimum atomic E-state index is -0.209. The van der Waals surface area contributed by atoms with Crippen LogP contribution in [-0.2, 0) is 26.4 Å². The van der Waals surface area contributed by atoms with Crippen LogP contribution in [0.3, 0.4) is 0 Å². The first-order chi connectivity index (χ1) is 11.0. The molecule has 2 aromatic rings. The lowest BCUT2D eigenvalue weighted by Crippen LogP contribution is -1.92. The summed E-state index contributed by atoms with van der Waals surface area (Å²) in [5.74, 6) is -0.0249. The Labute approximate surface area is 134 Å². The molecule has 0 fully saturated rings. The highest BCUT2D eigenvalue weighted by Gasteiger charge is 2.06. The molecule has 0 aromatic heterocycles. The van der Waals surface area contributed by atoms with Crippen LogP contribution in [0.2, 0.25) is 0 Å². The maximum atomic E-state index is 9.39. The molecule has 0 radical (unpaired) electrons. The first-order valence-corrected chi connectivity index (χ1v) is 7.03. The molecule has 0 bridgehead atoms. The van der Waals surface area contributed by atoms with E-state index in [0.717, 1.165) is 5.56 Å². The molecule has 6 N–H and O–H groups in total. The van der Waals surface area contributed by atoms with Crippen molar-refractivity contribution in [2.75, 3.05) is 0 Å². The maximum Gasteiger partial charge on any atom is 0.126 e. The second-order valence-electron chi connectivity index (χ2n) is 4.99. The lowest BCUT2D eigenvalue weighted by Gasteiger charge is -2.07. The third-order valence-corrected chi connectivity index (χ3v) is 3.30. The molecule has 0 saturated heterocycles. The summed E-state index contributed by atoms with van der Waals surface area (Å²) in [6.07, 6.45) is 0. The normalized spacial score (nSPS) is 10.1. The van der Waals surface area contributed by atoms with Gasteiger partial charge < -0.3 is 30.6 Å². The minimum Gasteiger partial charge on any atom is -0.507 e. The number of aliphatic hydroxyl groups is 4. The van der Waals surface area contributed by atoms with Gasteiger partial charge in [-0.3, -0.25) is 0 Å². The Bertz CT molecular complexity index is 592. The number of rotatable bonds is 4. The zero-order chi connectivity index (χ0) is 17.4. The summed E-state index contributed by atoms with van der Waals surface area (Å²) < 4.78 is 0. The first kappa shape index (κ1) is 18.9. The van der Waals surface area contributed by atoms with E-state index in [9.17, 15) is 10.2 Å². The van der Waals surface area contributed by atoms with Crippen molar-refractivity contribution >= 4 is 0 Å². The lowest BCUT2D eigenvalue weighted by molar-refractivity contribution is 0.263. The summed E-state index contributed by atoms with van der Waals surface area (Å²) in [7, 11) is 0. The molecule has 0 unspecified atom stereocenters. The topological polar surface area (TPSA) is 121 Å². The second-order valence-corrected chi connectivity index (χ2v) is 4.99. The van der Waals surface area contributed by atoms with Crippen LogP contribution < -0.4 is 0 Å². The van der Waals surface area contributed by atoms with Crippen LogP contribution in [0.15, 0.2) is 30.3 Å². The highest BCUT2D eigenvalue weighted by atomic mass is 16.3. The molecule has 0 aliphatic rings. The molecule has 6 nitrogen and oxygen atoms in total. The van der Waals surface area contributed by atoms with E-state index in [1.54, 1.807) is 30.3 Å². The van der Waals surface area contributed by atoms with E-state index in [1.807, 2.05) is 6.92 Å². The summed E-state index contributed by atoms with van der Waals surface area (Å²) in [5, 5.41) is 53.7. The van der Waals surface area contributed by atoms with Gasteiger partial charge in [0.15, 0.2) is 0 Å². The number of aromatic hydroxyl groups is 2. The molecule has 0 saturated carbocycles. The van der Waals surface area contributed by atoms with Crippen molar-refractivity contribution in [3.8, 4) is 11.5 Å². The summed E-state index contributed by atoms with van der Waals surface area (Å²) >= 11 is 0. The van der Waals surface area contributed by atoms with Gasteiger partial charge in [-0.15, -0.1) is 0 Å². The number of hydrogen-bond acceptors (Lipinski definition) is 6. The molecular formula is C17H22O6. The van der Waals surface area contributed by atoms with Crippen molar-refractivity contribution in [2.45, 2.75) is 33.4 Å². The smallest absolute Gasteiger partial charge is 0.126 e. The van der Waals surface area contributed by atoms with Crippen molar-refractivity contribution in [2.24, 2.45) is 0 Å². The molecule has 0 heterocycles. The Hall–Kier alpha value is -2.12. The predicted molar refractivity (Wildman–Crippen MR) is 84.6 cm³/mol. The Morgan fingerprint density at radius 1 is 0.652 bits per heavy atom. The zero-order valence-electron chi connectivity index (χ0n) is 12.9. The summed E-state index contributed by atoms with van der Waals surface area (Å²) in [6.45, 7) is 1.01. The standard InChI is InChI=1S/C9H12O3.C8H10O3/c1-6-2-7(4-10)9(12)8(3-6)5-11;9-4-6-2-1-3-7(5-10)8(6)11/h2-3,10-12H,4-5H2,1H3;1-3,9-11H,4-5H2. The summed E-state index contributed by atoms with van der Waals surface area (Å²) in [6, 6.07) is 8.27. The second kappa shape index (κ2) is 9.12. The largest absolute Gasteiger partial charge is 0.507 e. The average Bonchev–Trinajstić information content (AvgIpc) is 2.57. The quantitative estimate of drug-likeness (QED) is 0.501. The average molecular weight is 322 g/mol. The highest BCUT2D eigenvalue weighted by molar-refractivity contribution is 5.42. The monoisotopic (exact) mass is 322 g/mol. The number of hydrogen-bond donors (Lipinski definition) is 6. The molecule has 0 atom stereocenters. The Balaban J connectivity index is 0.000000231. The van der Waals surface area contributed by atoms with Crippen molar-refractivity contribution in [3.05, 3.63) is 58.1 Å². The number of phenols is 2. The number of aliphatic hydroxyl groups excluding tert-OH is 4. The van der Waals surface area contributed by atoms with E-state index >= 15 is 0 Å². The van der Waals surface area contributed by atoms with E-state index in [1.165, 1.54) is 0 Å². The molecule has 6 heteroatoms. The Morgan fingerprint density at radius 3 is 1.35 bits per heavy atom. The molecule has 0 aliphatic heterocycles. The van der Waals surface area contributed by atoms with E-state index < -0.39 is 0 Å². The lowest BCUT2D eigenvalue weighted by atomic mass is 10.1. The van der Waals surface area contributed by atoms with Gasteiger partial charge in [0, 0.05) is 22.3 Å². The molecule has 2 rings (SSSR count). The summed E-state index contributed by atoms with van der Waals surface area (Å²) in [4.78, 5) is 0. The van der Waals surface area contributed by atoms with Gasteiger partial charge in [0.1, 0.15) is 11.5 Å². The van der Waals surface area contributed by atoms with Crippen LogP contribution in [0.4, 0.5) is 0 Å². The summed E-state index contributed by atoms with van der Waals surface area (Å²) in [5.41, 5.74) is 2.71. The minimum absolute atomic E-state index is 0.00870. The fourth-order valence-corrected chi connectivity index (χ4v) is 2.08. The molecule has 0 amide bonds. The van der Waals surface area contributed by atoms with Crippen LogP contribution in [0.5, 0.6) is 11.5 Å². The fraction of sp³-hybridized carbons (Fsp3) is 0.294. The Kier molecular flexibility index (Phi) is 7.50. The third-order valence-electron chi connectivity index (χ3n) is 3.30. The molecule has 0 aliphatic carbocycles. The van der Waals surface area contributed by atoms with Crippen molar-refractivity contribution in [1.82, 2.24) is 0 Å².